The molecule has 0 saturated heterocycles. The fraction of sp³-hybridized carbons (Fsp3) is 0. The number of ether oxygens (including phenoxy) is 1. The number of rotatable bonds is 8. The average molecular weight is 689 g/mol. The number of thiazole rings is 4. The van der Waals surface area contributed by atoms with Crippen LogP contribution in [0.5, 0.6) is 11.5 Å². The number of carbonyl (C=O) groups is 2. The summed E-state index contributed by atoms with van der Waals surface area (Å²) < 4.78 is 8.00. The van der Waals surface area contributed by atoms with E-state index in [0.29, 0.717) is 32.9 Å². The number of anilines is 2. The quantitative estimate of drug-likeness (QED) is 0.163. The molecular formula is C34H20N6O3S4. The molecule has 0 unspecified atom stereocenters. The van der Waals surface area contributed by atoms with Crippen LogP contribution in [-0.2, 0) is 0 Å². The molecule has 228 valence electrons. The standard InChI is InChI=1S/C34H20N6O3S4/c41-31(21-5-11-25-29(13-21)46-17-35-25)39-33-37-27(15-44-33)19-1-7-23(8-2-19)43-24-9-3-20(4-10-24)28-16-45-34(38-28)40-32(42)22-6-12-26-30(14-22)47-18-36-26/h1-18H,(H,37,39,41)(H,38,40,42). The van der Waals surface area contributed by atoms with Crippen LogP contribution in [0.3, 0.4) is 0 Å². The third kappa shape index (κ3) is 6.24. The van der Waals surface area contributed by atoms with Crippen LogP contribution in [0.2, 0.25) is 0 Å². The number of nitrogens with zero attached hydrogens (tertiary/aromatic N) is 4. The number of fused-ring (bicyclic) bond motifs is 2. The summed E-state index contributed by atoms with van der Waals surface area (Å²) in [5.74, 6) is 0.940. The summed E-state index contributed by atoms with van der Waals surface area (Å²) in [6.45, 7) is 0. The van der Waals surface area contributed by atoms with Crippen molar-refractivity contribution in [2.75, 3.05) is 10.6 Å². The molecule has 0 aliphatic rings. The summed E-state index contributed by atoms with van der Waals surface area (Å²) in [7, 11) is 0. The molecule has 8 aromatic rings. The zero-order valence-electron chi connectivity index (χ0n) is 24.0. The summed E-state index contributed by atoms with van der Waals surface area (Å²) in [6.07, 6.45) is 0. The number of hydrogen-bond acceptors (Lipinski definition) is 11. The van der Waals surface area contributed by atoms with Crippen molar-refractivity contribution in [3.05, 3.63) is 118 Å². The molecule has 0 saturated carbocycles. The number of hydrogen-bond donors (Lipinski definition) is 2. The van der Waals surface area contributed by atoms with Gasteiger partial charge in [0.15, 0.2) is 10.3 Å². The first kappa shape index (κ1) is 29.1. The van der Waals surface area contributed by atoms with E-state index in [1.54, 1.807) is 23.2 Å². The van der Waals surface area contributed by atoms with Gasteiger partial charge in [0.05, 0.1) is 42.8 Å². The van der Waals surface area contributed by atoms with E-state index in [-0.39, 0.29) is 11.8 Å². The Balaban J connectivity index is 0.876. The van der Waals surface area contributed by atoms with Gasteiger partial charge in [-0.1, -0.05) is 0 Å². The largest absolute Gasteiger partial charge is 0.457 e. The van der Waals surface area contributed by atoms with Gasteiger partial charge in [-0.05, 0) is 84.9 Å². The van der Waals surface area contributed by atoms with Crippen LogP contribution >= 0.6 is 45.3 Å². The van der Waals surface area contributed by atoms with Crippen LogP contribution in [0.1, 0.15) is 20.7 Å². The highest BCUT2D eigenvalue weighted by molar-refractivity contribution is 7.17. The molecule has 4 aromatic heterocycles. The highest BCUT2D eigenvalue weighted by Gasteiger charge is 2.13. The molecule has 47 heavy (non-hydrogen) atoms. The molecule has 8 rings (SSSR count). The van der Waals surface area contributed by atoms with Gasteiger partial charge in [0.1, 0.15) is 11.5 Å². The Morgan fingerprint density at radius 1 is 0.553 bits per heavy atom. The fourth-order valence-electron chi connectivity index (χ4n) is 4.78. The zero-order valence-corrected chi connectivity index (χ0v) is 27.3. The predicted octanol–water partition coefficient (Wildman–Crippen LogP) is 9.45. The first-order chi connectivity index (χ1) is 23.0. The van der Waals surface area contributed by atoms with Gasteiger partial charge >= 0.3 is 0 Å². The lowest BCUT2D eigenvalue weighted by molar-refractivity contribution is 0.101. The lowest BCUT2D eigenvalue weighted by Crippen LogP contribution is -2.11. The van der Waals surface area contributed by atoms with Gasteiger partial charge in [0.25, 0.3) is 11.8 Å². The van der Waals surface area contributed by atoms with Crippen LogP contribution in [0.15, 0.2) is 107 Å². The molecule has 9 nitrogen and oxygen atoms in total. The van der Waals surface area contributed by atoms with Gasteiger partial charge in [0.2, 0.25) is 0 Å². The molecular weight excluding hydrogens is 669 g/mol. The normalized spacial score (nSPS) is 11.1. The third-order valence-electron chi connectivity index (χ3n) is 7.17. The smallest absolute Gasteiger partial charge is 0.257 e. The Hall–Kier alpha value is -5.34. The fourth-order valence-corrected chi connectivity index (χ4v) is 7.64. The van der Waals surface area contributed by atoms with E-state index in [4.69, 9.17) is 4.74 Å². The second-order valence-corrected chi connectivity index (χ2v) is 13.7. The van der Waals surface area contributed by atoms with Gasteiger partial charge in [-0.25, -0.2) is 19.9 Å². The highest BCUT2D eigenvalue weighted by Crippen LogP contribution is 2.31. The van der Waals surface area contributed by atoms with E-state index >= 15 is 0 Å². The number of aromatic nitrogens is 4. The third-order valence-corrected chi connectivity index (χ3v) is 10.3. The van der Waals surface area contributed by atoms with Crippen molar-refractivity contribution in [2.45, 2.75) is 0 Å². The molecule has 2 N–H and O–H groups in total. The van der Waals surface area contributed by atoms with Gasteiger partial charge in [-0.3, -0.25) is 20.2 Å². The molecule has 0 atom stereocenters. The van der Waals surface area contributed by atoms with Gasteiger partial charge in [-0.2, -0.15) is 0 Å². The lowest BCUT2D eigenvalue weighted by Gasteiger charge is -2.07. The molecule has 4 aromatic carbocycles. The summed E-state index contributed by atoms with van der Waals surface area (Å²) in [5.41, 5.74) is 9.76. The number of benzene rings is 4. The molecule has 0 spiro atoms. The van der Waals surface area contributed by atoms with E-state index in [2.05, 4.69) is 30.6 Å². The van der Waals surface area contributed by atoms with E-state index in [9.17, 15) is 9.59 Å². The highest BCUT2D eigenvalue weighted by atomic mass is 32.1. The average Bonchev–Trinajstić information content (AvgIpc) is 3.92. The summed E-state index contributed by atoms with van der Waals surface area (Å²) in [5, 5.41) is 10.7. The Bertz CT molecular complexity index is 2230. The van der Waals surface area contributed by atoms with Crippen molar-refractivity contribution in [2.24, 2.45) is 0 Å². The van der Waals surface area contributed by atoms with E-state index < -0.39 is 0 Å². The first-order valence-electron chi connectivity index (χ1n) is 14.1. The minimum absolute atomic E-state index is 0.209. The Labute approximate surface area is 283 Å². The van der Waals surface area contributed by atoms with Crippen molar-refractivity contribution in [1.82, 2.24) is 19.9 Å². The van der Waals surface area contributed by atoms with Crippen LogP contribution in [0.4, 0.5) is 10.3 Å². The van der Waals surface area contributed by atoms with Crippen molar-refractivity contribution < 1.29 is 14.3 Å². The number of amides is 2. The second-order valence-electron chi connectivity index (χ2n) is 10.2. The summed E-state index contributed by atoms with van der Waals surface area (Å²) in [4.78, 5) is 43.2. The van der Waals surface area contributed by atoms with Gasteiger partial charge in [0, 0.05) is 33.0 Å². The maximum absolute atomic E-state index is 12.8. The molecule has 2 amide bonds. The topological polar surface area (TPSA) is 119 Å². The van der Waals surface area contributed by atoms with E-state index in [0.717, 1.165) is 42.9 Å². The molecule has 0 fully saturated rings. The lowest BCUT2D eigenvalue weighted by atomic mass is 10.1. The molecule has 13 heteroatoms. The van der Waals surface area contributed by atoms with Crippen molar-refractivity contribution >= 4 is 87.9 Å². The van der Waals surface area contributed by atoms with Crippen LogP contribution < -0.4 is 15.4 Å². The number of carbonyl (C=O) groups excluding carboxylic acids is 2. The maximum atomic E-state index is 12.8. The zero-order chi connectivity index (χ0) is 31.7. The predicted molar refractivity (Wildman–Crippen MR) is 190 cm³/mol. The molecule has 4 heterocycles. The molecule has 0 bridgehead atoms. The second kappa shape index (κ2) is 12.5. The minimum atomic E-state index is -0.209. The van der Waals surface area contributed by atoms with Gasteiger partial charge in [-0.15, -0.1) is 45.3 Å². The van der Waals surface area contributed by atoms with Gasteiger partial charge < -0.3 is 4.74 Å². The Morgan fingerprint density at radius 3 is 1.45 bits per heavy atom. The van der Waals surface area contributed by atoms with Crippen LogP contribution in [0.25, 0.3) is 42.9 Å². The molecule has 0 radical (unpaired) electrons. The molecule has 0 aliphatic carbocycles. The Kier molecular flexibility index (Phi) is 7.71. The van der Waals surface area contributed by atoms with E-state index in [1.165, 1.54) is 45.3 Å². The first-order valence-corrected chi connectivity index (χ1v) is 17.6. The monoisotopic (exact) mass is 688 g/mol. The minimum Gasteiger partial charge on any atom is -0.457 e. The van der Waals surface area contributed by atoms with E-state index in [1.807, 2.05) is 83.6 Å². The Morgan fingerprint density at radius 2 is 1.00 bits per heavy atom. The molecule has 0 aliphatic heterocycles. The SMILES string of the molecule is O=C(Nc1nc(-c2ccc(Oc3ccc(-c4csc(NC(=O)c5ccc6ncsc6c5)n4)cc3)cc2)cs1)c1ccc2ncsc2c1. The van der Waals surface area contributed by atoms with Crippen LogP contribution in [0, 0.1) is 0 Å². The summed E-state index contributed by atoms with van der Waals surface area (Å²) >= 11 is 5.74. The van der Waals surface area contributed by atoms with Crippen molar-refractivity contribution in [1.29, 1.82) is 0 Å². The van der Waals surface area contributed by atoms with Crippen molar-refractivity contribution in [3.8, 4) is 34.0 Å². The maximum Gasteiger partial charge on any atom is 0.257 e. The van der Waals surface area contributed by atoms with Crippen LogP contribution in [-0.4, -0.2) is 31.8 Å². The summed E-state index contributed by atoms with van der Waals surface area (Å²) in [6, 6.07) is 26.2. The van der Waals surface area contributed by atoms with Crippen molar-refractivity contribution in [3.63, 3.8) is 0 Å². The number of nitrogens with one attached hydrogen (secondary N) is 2.